The number of nitrogens with one attached hydrogen (secondary N) is 1. The molecule has 1 aromatic heterocycles. The summed E-state index contributed by atoms with van der Waals surface area (Å²) in [6.07, 6.45) is 0.992. The quantitative estimate of drug-likeness (QED) is 0.897. The minimum atomic E-state index is 0.942. The van der Waals surface area contributed by atoms with Crippen molar-refractivity contribution in [3.05, 3.63) is 44.4 Å². The van der Waals surface area contributed by atoms with Gasteiger partial charge in [-0.05, 0) is 45.7 Å². The summed E-state index contributed by atoms with van der Waals surface area (Å²) in [7, 11) is 0. The smallest absolute Gasteiger partial charge is 0.0948 e. The average molecular weight is 274 g/mol. The molecular weight excluding hydrogens is 252 g/mol. The predicted molar refractivity (Wildman–Crippen MR) is 84.4 cm³/mol. The van der Waals surface area contributed by atoms with Gasteiger partial charge in [0.25, 0.3) is 0 Å². The molecule has 0 atom stereocenters. The number of rotatable bonds is 4. The molecule has 19 heavy (non-hydrogen) atoms. The van der Waals surface area contributed by atoms with Crippen LogP contribution in [-0.4, -0.2) is 11.5 Å². The van der Waals surface area contributed by atoms with E-state index in [2.05, 4.69) is 57.1 Å². The minimum Gasteiger partial charge on any atom is -0.384 e. The van der Waals surface area contributed by atoms with Crippen LogP contribution in [0, 0.1) is 34.6 Å². The molecule has 1 heterocycles. The van der Waals surface area contributed by atoms with Gasteiger partial charge in [-0.25, -0.2) is 4.98 Å². The molecule has 0 bridgehead atoms. The molecule has 0 aliphatic heterocycles. The first-order valence-corrected chi connectivity index (χ1v) is 7.53. The van der Waals surface area contributed by atoms with Gasteiger partial charge in [-0.15, -0.1) is 11.3 Å². The second-order valence-electron chi connectivity index (χ2n) is 5.20. The van der Waals surface area contributed by atoms with E-state index in [9.17, 15) is 0 Å². The number of anilines is 1. The molecule has 0 aliphatic carbocycles. The maximum Gasteiger partial charge on any atom is 0.0948 e. The van der Waals surface area contributed by atoms with Crippen molar-refractivity contribution < 1.29 is 0 Å². The molecule has 0 radical (unpaired) electrons. The monoisotopic (exact) mass is 274 g/mol. The Hall–Kier alpha value is -1.35. The fourth-order valence-corrected chi connectivity index (χ4v) is 3.33. The summed E-state index contributed by atoms with van der Waals surface area (Å²) in [6.45, 7) is 11.6. The lowest BCUT2D eigenvalue weighted by molar-refractivity contribution is 0.981. The highest BCUT2D eigenvalue weighted by Crippen LogP contribution is 2.22. The molecule has 3 heteroatoms. The molecule has 1 aromatic carbocycles. The minimum absolute atomic E-state index is 0.942. The van der Waals surface area contributed by atoms with Crippen molar-refractivity contribution in [2.75, 3.05) is 11.9 Å². The summed E-state index contributed by atoms with van der Waals surface area (Å²) >= 11 is 1.81. The van der Waals surface area contributed by atoms with E-state index in [1.807, 2.05) is 11.3 Å². The Morgan fingerprint density at radius 3 is 2.21 bits per heavy atom. The van der Waals surface area contributed by atoms with Crippen molar-refractivity contribution in [3.63, 3.8) is 0 Å². The van der Waals surface area contributed by atoms with Crippen LogP contribution in [0.2, 0.25) is 0 Å². The van der Waals surface area contributed by atoms with E-state index >= 15 is 0 Å². The van der Waals surface area contributed by atoms with Gasteiger partial charge >= 0.3 is 0 Å². The van der Waals surface area contributed by atoms with Gasteiger partial charge in [-0.3, -0.25) is 0 Å². The number of aryl methyl sites for hydroxylation is 5. The van der Waals surface area contributed by atoms with Gasteiger partial charge in [0.2, 0.25) is 0 Å². The molecule has 2 nitrogen and oxygen atoms in total. The molecule has 0 fully saturated rings. The van der Waals surface area contributed by atoms with Crippen molar-refractivity contribution >= 4 is 17.0 Å². The summed E-state index contributed by atoms with van der Waals surface area (Å²) in [5, 5.41) is 4.78. The molecule has 1 N–H and O–H groups in total. The number of benzene rings is 1. The van der Waals surface area contributed by atoms with E-state index in [4.69, 9.17) is 0 Å². The predicted octanol–water partition coefficient (Wildman–Crippen LogP) is 4.34. The Morgan fingerprint density at radius 1 is 1.05 bits per heavy atom. The molecule has 2 aromatic rings. The fourth-order valence-electron chi connectivity index (χ4n) is 2.40. The summed E-state index contributed by atoms with van der Waals surface area (Å²) in [5.74, 6) is 0. The highest BCUT2D eigenvalue weighted by molar-refractivity contribution is 7.11. The van der Waals surface area contributed by atoms with Crippen molar-refractivity contribution in [2.24, 2.45) is 0 Å². The first-order valence-electron chi connectivity index (χ1n) is 6.72. The summed E-state index contributed by atoms with van der Waals surface area (Å²) in [6, 6.07) is 4.46. The standard InChI is InChI=1S/C16H22N2S/c1-10-8-11(2)16(12(3)9-10)17-7-6-15-18-13(4)14(5)19-15/h8-9,17H,6-7H2,1-5H3. The van der Waals surface area contributed by atoms with Crippen LogP contribution in [0.4, 0.5) is 5.69 Å². The number of hydrogen-bond donors (Lipinski definition) is 1. The van der Waals surface area contributed by atoms with E-state index in [-0.39, 0.29) is 0 Å². The van der Waals surface area contributed by atoms with Gasteiger partial charge in [0.15, 0.2) is 0 Å². The Kier molecular flexibility index (Phi) is 4.25. The molecule has 0 spiro atoms. The zero-order chi connectivity index (χ0) is 14.0. The van der Waals surface area contributed by atoms with Gasteiger partial charge in [0.05, 0.1) is 10.7 Å². The van der Waals surface area contributed by atoms with E-state index in [1.54, 1.807) is 0 Å². The largest absolute Gasteiger partial charge is 0.384 e. The van der Waals surface area contributed by atoms with Crippen molar-refractivity contribution in [2.45, 2.75) is 41.0 Å². The topological polar surface area (TPSA) is 24.9 Å². The zero-order valence-corrected chi connectivity index (χ0v) is 13.2. The third-order valence-corrected chi connectivity index (χ3v) is 4.52. The molecular formula is C16H22N2S. The molecule has 0 aliphatic rings. The maximum absolute atomic E-state index is 4.58. The number of thiazole rings is 1. The molecule has 0 saturated carbocycles. The number of aromatic nitrogens is 1. The second-order valence-corrected chi connectivity index (χ2v) is 6.49. The lowest BCUT2D eigenvalue weighted by Gasteiger charge is -2.13. The van der Waals surface area contributed by atoms with E-state index in [1.165, 1.54) is 38.0 Å². The third kappa shape index (κ3) is 3.35. The van der Waals surface area contributed by atoms with Crippen LogP contribution < -0.4 is 5.32 Å². The average Bonchev–Trinajstić information content (AvgIpc) is 2.62. The zero-order valence-electron chi connectivity index (χ0n) is 12.4. The Balaban J connectivity index is 2.00. The molecule has 2 rings (SSSR count). The maximum atomic E-state index is 4.58. The SMILES string of the molecule is Cc1cc(C)c(NCCc2nc(C)c(C)s2)c(C)c1. The number of nitrogens with zero attached hydrogens (tertiary/aromatic N) is 1. The molecule has 102 valence electrons. The van der Waals surface area contributed by atoms with Crippen LogP contribution in [0.3, 0.4) is 0 Å². The normalized spacial score (nSPS) is 10.8. The highest BCUT2D eigenvalue weighted by atomic mass is 32.1. The lowest BCUT2D eigenvalue weighted by Crippen LogP contribution is -2.07. The first-order chi connectivity index (χ1) is 8.97. The van der Waals surface area contributed by atoms with Gasteiger partial charge < -0.3 is 5.32 Å². The molecule has 0 saturated heterocycles. The Labute approximate surface area is 119 Å². The van der Waals surface area contributed by atoms with E-state index in [0.29, 0.717) is 0 Å². The van der Waals surface area contributed by atoms with Crippen LogP contribution in [0.15, 0.2) is 12.1 Å². The van der Waals surface area contributed by atoms with Gasteiger partial charge in [0.1, 0.15) is 0 Å². The summed E-state index contributed by atoms with van der Waals surface area (Å²) < 4.78 is 0. The van der Waals surface area contributed by atoms with Crippen LogP contribution >= 0.6 is 11.3 Å². The summed E-state index contributed by atoms with van der Waals surface area (Å²) in [4.78, 5) is 5.91. The van der Waals surface area contributed by atoms with Crippen LogP contribution in [0.5, 0.6) is 0 Å². The Morgan fingerprint density at radius 2 is 1.68 bits per heavy atom. The molecule has 0 unspecified atom stereocenters. The van der Waals surface area contributed by atoms with E-state index in [0.717, 1.165) is 13.0 Å². The Bertz CT molecular complexity index is 542. The number of hydrogen-bond acceptors (Lipinski definition) is 3. The van der Waals surface area contributed by atoms with Crippen molar-refractivity contribution in [1.82, 2.24) is 4.98 Å². The summed E-state index contributed by atoms with van der Waals surface area (Å²) in [5.41, 5.74) is 6.41. The third-order valence-electron chi connectivity index (χ3n) is 3.39. The highest BCUT2D eigenvalue weighted by Gasteiger charge is 2.05. The van der Waals surface area contributed by atoms with Gasteiger partial charge in [0, 0.05) is 23.5 Å². The lowest BCUT2D eigenvalue weighted by atomic mass is 10.1. The van der Waals surface area contributed by atoms with Crippen LogP contribution in [0.25, 0.3) is 0 Å². The van der Waals surface area contributed by atoms with Crippen LogP contribution in [0.1, 0.15) is 32.3 Å². The van der Waals surface area contributed by atoms with Crippen molar-refractivity contribution in [3.8, 4) is 0 Å². The molecule has 0 amide bonds. The first kappa shape index (κ1) is 14.1. The van der Waals surface area contributed by atoms with Gasteiger partial charge in [-0.2, -0.15) is 0 Å². The van der Waals surface area contributed by atoms with Crippen LogP contribution in [-0.2, 0) is 6.42 Å². The van der Waals surface area contributed by atoms with Gasteiger partial charge in [-0.1, -0.05) is 17.7 Å². The second kappa shape index (κ2) is 5.74. The van der Waals surface area contributed by atoms with E-state index < -0.39 is 0 Å². The fraction of sp³-hybridized carbons (Fsp3) is 0.438. The van der Waals surface area contributed by atoms with Crippen molar-refractivity contribution in [1.29, 1.82) is 0 Å².